The summed E-state index contributed by atoms with van der Waals surface area (Å²) in [6.07, 6.45) is 4.46. The number of hydrogen-bond donors (Lipinski definition) is 0. The molecule has 1 aromatic carbocycles. The molecular weight excluding hydrogens is 505 g/mol. The summed E-state index contributed by atoms with van der Waals surface area (Å²) in [7, 11) is 0. The van der Waals surface area contributed by atoms with Crippen molar-refractivity contribution in [3.05, 3.63) is 68.8 Å². The smallest absolute Gasteiger partial charge is 0.308 e. The molecule has 186 valence electrons. The lowest BCUT2D eigenvalue weighted by atomic mass is 9.87. The summed E-state index contributed by atoms with van der Waals surface area (Å²) in [5.74, 6) is -2.42. The quantitative estimate of drug-likeness (QED) is 0.483. The van der Waals surface area contributed by atoms with Crippen molar-refractivity contribution in [1.29, 1.82) is 0 Å². The second kappa shape index (κ2) is 9.04. The number of halogens is 1. The van der Waals surface area contributed by atoms with Crippen LogP contribution in [0.25, 0.3) is 0 Å². The van der Waals surface area contributed by atoms with Gasteiger partial charge in [-0.05, 0) is 55.7 Å². The van der Waals surface area contributed by atoms with Crippen molar-refractivity contribution in [2.75, 3.05) is 18.0 Å². The van der Waals surface area contributed by atoms with E-state index >= 15 is 0 Å². The minimum atomic E-state index is -0.810. The Morgan fingerprint density at radius 1 is 1.03 bits per heavy atom. The lowest BCUT2D eigenvalue weighted by molar-refractivity contribution is -0.133. The molecule has 0 saturated carbocycles. The van der Waals surface area contributed by atoms with Crippen LogP contribution in [0.4, 0.5) is 10.1 Å². The Hall–Kier alpha value is -3.18. The molecule has 3 aliphatic rings. The average Bonchev–Trinajstić information content (AvgIpc) is 3.58. The van der Waals surface area contributed by atoms with Gasteiger partial charge in [-0.25, -0.2) is 9.29 Å². The van der Waals surface area contributed by atoms with Crippen molar-refractivity contribution in [2.45, 2.75) is 42.0 Å². The van der Waals surface area contributed by atoms with Gasteiger partial charge in [0.05, 0.1) is 33.7 Å². The standard InChI is InChI=1S/C25H22FN3O5S2/c26-14-6-8-15(9-7-14)29-22(31)19-18(16-5-4-12-34-16)21-24(35-20(19)23(29)32)28(25(33)36-21)13-17(30)27-10-2-1-3-11-27/h4-9,12,18-20H,1-3,10-11,13H2/t18-,19?,20?/m1/s1. The van der Waals surface area contributed by atoms with Gasteiger partial charge in [0, 0.05) is 13.1 Å². The number of fused-ring (bicyclic) bond motifs is 2. The molecule has 5 heterocycles. The van der Waals surface area contributed by atoms with Crippen LogP contribution in [0, 0.1) is 11.7 Å². The van der Waals surface area contributed by atoms with Crippen LogP contribution in [-0.4, -0.2) is 45.5 Å². The second-order valence-corrected chi connectivity index (χ2v) is 11.2. The molecule has 3 aromatic rings. The van der Waals surface area contributed by atoms with Crippen molar-refractivity contribution in [2.24, 2.45) is 5.92 Å². The number of furan rings is 1. The van der Waals surface area contributed by atoms with Gasteiger partial charge in [-0.3, -0.25) is 23.7 Å². The minimum absolute atomic E-state index is 0.107. The third-order valence-corrected chi connectivity index (χ3v) is 9.59. The normalized spacial score (nSPS) is 23.6. The monoisotopic (exact) mass is 527 g/mol. The maximum atomic E-state index is 13.6. The van der Waals surface area contributed by atoms with Crippen LogP contribution in [0.2, 0.25) is 0 Å². The van der Waals surface area contributed by atoms with Crippen LogP contribution >= 0.6 is 23.1 Å². The summed E-state index contributed by atoms with van der Waals surface area (Å²) in [5.41, 5.74) is 0.292. The number of likely N-dealkylation sites (tertiary alicyclic amines) is 1. The summed E-state index contributed by atoms with van der Waals surface area (Å²) >= 11 is 2.14. The molecule has 2 saturated heterocycles. The molecule has 0 radical (unpaired) electrons. The second-order valence-electron chi connectivity index (χ2n) is 9.11. The number of amides is 3. The van der Waals surface area contributed by atoms with Gasteiger partial charge in [0.15, 0.2) is 0 Å². The van der Waals surface area contributed by atoms with E-state index in [2.05, 4.69) is 0 Å². The Balaban J connectivity index is 1.41. The Kier molecular flexibility index (Phi) is 5.83. The molecule has 2 unspecified atom stereocenters. The Bertz CT molecular complexity index is 1390. The van der Waals surface area contributed by atoms with Crippen LogP contribution in [-0.2, 0) is 20.9 Å². The lowest BCUT2D eigenvalue weighted by Gasteiger charge is -2.30. The largest absolute Gasteiger partial charge is 0.469 e. The summed E-state index contributed by atoms with van der Waals surface area (Å²) in [5, 5.41) is -0.282. The van der Waals surface area contributed by atoms with Crippen molar-refractivity contribution in [1.82, 2.24) is 9.47 Å². The van der Waals surface area contributed by atoms with Crippen LogP contribution in [0.5, 0.6) is 0 Å². The van der Waals surface area contributed by atoms with Crippen LogP contribution in [0.3, 0.4) is 0 Å². The molecule has 11 heteroatoms. The molecule has 0 N–H and O–H groups in total. The highest BCUT2D eigenvalue weighted by atomic mass is 32.2. The van der Waals surface area contributed by atoms with Gasteiger partial charge in [-0.1, -0.05) is 23.1 Å². The SMILES string of the molecule is O=C(Cn1c2c(sc1=O)[C@H](c1ccco1)C1C(=O)N(c3ccc(F)cc3)C(=O)C1S2)N1CCCCC1. The number of carbonyl (C=O) groups excluding carboxylic acids is 3. The van der Waals surface area contributed by atoms with Crippen molar-refractivity contribution in [3.8, 4) is 0 Å². The lowest BCUT2D eigenvalue weighted by Crippen LogP contribution is -2.39. The summed E-state index contributed by atoms with van der Waals surface area (Å²) in [4.78, 5) is 56.5. The van der Waals surface area contributed by atoms with Crippen LogP contribution in [0.15, 0.2) is 56.9 Å². The zero-order valence-electron chi connectivity index (χ0n) is 19.1. The van der Waals surface area contributed by atoms with Gasteiger partial charge in [0.2, 0.25) is 17.7 Å². The van der Waals surface area contributed by atoms with E-state index in [0.29, 0.717) is 34.4 Å². The first-order valence-corrected chi connectivity index (χ1v) is 13.5. The fourth-order valence-corrected chi connectivity index (χ4v) is 8.01. The first-order chi connectivity index (χ1) is 17.4. The van der Waals surface area contributed by atoms with E-state index in [1.54, 1.807) is 17.0 Å². The molecule has 2 aromatic heterocycles. The van der Waals surface area contributed by atoms with Crippen LogP contribution < -0.4 is 9.77 Å². The molecule has 2 fully saturated rings. The summed E-state index contributed by atoms with van der Waals surface area (Å²) in [6, 6.07) is 8.64. The molecule has 3 aliphatic heterocycles. The van der Waals surface area contributed by atoms with E-state index in [4.69, 9.17) is 4.42 Å². The molecule has 0 bridgehead atoms. The highest BCUT2D eigenvalue weighted by molar-refractivity contribution is 8.00. The highest BCUT2D eigenvalue weighted by Crippen LogP contribution is 2.53. The minimum Gasteiger partial charge on any atom is -0.469 e. The number of aromatic nitrogens is 1. The number of carbonyl (C=O) groups is 3. The summed E-state index contributed by atoms with van der Waals surface area (Å²) < 4.78 is 20.6. The molecule has 3 amide bonds. The van der Waals surface area contributed by atoms with Crippen LogP contribution in [0.1, 0.15) is 35.8 Å². The number of hydrogen-bond acceptors (Lipinski definition) is 7. The molecular formula is C25H22FN3O5S2. The third-order valence-electron chi connectivity index (χ3n) is 6.99. The first-order valence-electron chi connectivity index (χ1n) is 11.8. The van der Waals surface area contributed by atoms with Gasteiger partial charge < -0.3 is 9.32 Å². The number of imide groups is 1. The van der Waals surface area contributed by atoms with E-state index in [0.717, 1.165) is 47.3 Å². The number of thiazole rings is 1. The van der Waals surface area contributed by atoms with Gasteiger partial charge in [0.1, 0.15) is 23.4 Å². The fourth-order valence-electron chi connectivity index (χ4n) is 5.25. The zero-order valence-corrected chi connectivity index (χ0v) is 20.7. The number of thioether (sulfide) groups is 1. The van der Waals surface area contributed by atoms with Crippen molar-refractivity contribution < 1.29 is 23.2 Å². The number of anilines is 1. The van der Waals surface area contributed by atoms with E-state index in [1.807, 2.05) is 0 Å². The molecule has 0 spiro atoms. The number of benzene rings is 1. The maximum Gasteiger partial charge on any atom is 0.308 e. The van der Waals surface area contributed by atoms with E-state index < -0.39 is 34.7 Å². The summed E-state index contributed by atoms with van der Waals surface area (Å²) in [6.45, 7) is 1.24. The molecule has 36 heavy (non-hydrogen) atoms. The first kappa shape index (κ1) is 23.2. The predicted octanol–water partition coefficient (Wildman–Crippen LogP) is 3.45. The van der Waals surface area contributed by atoms with E-state index in [-0.39, 0.29) is 17.3 Å². The molecule has 0 aliphatic carbocycles. The fraction of sp³-hybridized carbons (Fsp3) is 0.360. The van der Waals surface area contributed by atoms with Gasteiger partial charge in [-0.15, -0.1) is 0 Å². The van der Waals surface area contributed by atoms with E-state index in [1.165, 1.54) is 35.1 Å². The molecule has 8 nitrogen and oxygen atoms in total. The number of piperidine rings is 1. The third kappa shape index (κ3) is 3.72. The highest BCUT2D eigenvalue weighted by Gasteiger charge is 2.57. The van der Waals surface area contributed by atoms with Gasteiger partial charge in [0.25, 0.3) is 0 Å². The topological polar surface area (TPSA) is 92.8 Å². The number of rotatable bonds is 4. The van der Waals surface area contributed by atoms with Crippen molar-refractivity contribution in [3.63, 3.8) is 0 Å². The van der Waals surface area contributed by atoms with Gasteiger partial charge >= 0.3 is 4.87 Å². The maximum absolute atomic E-state index is 13.6. The molecule has 6 rings (SSSR count). The zero-order chi connectivity index (χ0) is 25.0. The predicted molar refractivity (Wildman–Crippen MR) is 132 cm³/mol. The Labute approximate surface area is 213 Å². The molecule has 3 atom stereocenters. The number of nitrogens with zero attached hydrogens (tertiary/aromatic N) is 3. The Morgan fingerprint density at radius 2 is 1.78 bits per heavy atom. The average molecular weight is 528 g/mol. The van der Waals surface area contributed by atoms with Gasteiger partial charge in [-0.2, -0.15) is 0 Å². The van der Waals surface area contributed by atoms with Crippen molar-refractivity contribution >= 4 is 46.5 Å². The van der Waals surface area contributed by atoms with E-state index in [9.17, 15) is 23.6 Å². The Morgan fingerprint density at radius 3 is 2.47 bits per heavy atom.